The van der Waals surface area contributed by atoms with Crippen LogP contribution >= 0.6 is 0 Å². The van der Waals surface area contributed by atoms with Crippen molar-refractivity contribution in [2.45, 2.75) is 23.6 Å². The second-order valence-electron chi connectivity index (χ2n) is 10.4. The lowest BCUT2D eigenvalue weighted by molar-refractivity contribution is 0.482. The summed E-state index contributed by atoms with van der Waals surface area (Å²) >= 11 is 0. The Balaban J connectivity index is 1.09. The molecule has 0 aliphatic heterocycles. The van der Waals surface area contributed by atoms with Gasteiger partial charge in [0.2, 0.25) is 9.84 Å². The molecule has 6 aromatic rings. The van der Waals surface area contributed by atoms with Gasteiger partial charge in [-0.15, -0.1) is 0 Å². The lowest BCUT2D eigenvalue weighted by Crippen LogP contribution is -2.01. The van der Waals surface area contributed by atoms with Crippen molar-refractivity contribution in [3.63, 3.8) is 0 Å². The number of hydrogen-bond donors (Lipinski definition) is 0. The van der Waals surface area contributed by atoms with E-state index in [1.54, 1.807) is 48.5 Å². The van der Waals surface area contributed by atoms with Gasteiger partial charge in [0.1, 0.15) is 23.0 Å². The Hall–Kier alpha value is -5.13. The van der Waals surface area contributed by atoms with Crippen LogP contribution in [-0.2, 0) is 9.84 Å². The van der Waals surface area contributed by atoms with Gasteiger partial charge in [0, 0.05) is 0 Å². The summed E-state index contributed by atoms with van der Waals surface area (Å²) in [6, 6.07) is 45.3. The van der Waals surface area contributed by atoms with Crippen LogP contribution in [0.15, 0.2) is 155 Å². The van der Waals surface area contributed by atoms with Gasteiger partial charge < -0.3 is 9.47 Å². The molecule has 5 heteroatoms. The number of hydrogen-bond acceptors (Lipinski definition) is 4. The Kier molecular flexibility index (Phi) is 7.82. The summed E-state index contributed by atoms with van der Waals surface area (Å²) in [5, 5.41) is 0. The topological polar surface area (TPSA) is 52.6 Å². The molecule has 0 amide bonds. The quantitative estimate of drug-likeness (QED) is 0.179. The molecule has 4 nitrogen and oxygen atoms in total. The van der Waals surface area contributed by atoms with Crippen molar-refractivity contribution in [1.29, 1.82) is 0 Å². The summed E-state index contributed by atoms with van der Waals surface area (Å²) in [5.74, 6) is 2.46. The van der Waals surface area contributed by atoms with Gasteiger partial charge in [-0.2, -0.15) is 0 Å². The van der Waals surface area contributed by atoms with E-state index in [-0.39, 0.29) is 9.79 Å². The van der Waals surface area contributed by atoms with E-state index in [1.165, 1.54) is 11.1 Å². The van der Waals surface area contributed by atoms with Gasteiger partial charge in [-0.05, 0) is 109 Å². The van der Waals surface area contributed by atoms with Gasteiger partial charge in [0.05, 0.1) is 9.79 Å². The van der Waals surface area contributed by atoms with Crippen molar-refractivity contribution in [3.05, 3.63) is 157 Å². The minimum Gasteiger partial charge on any atom is -0.457 e. The first-order chi connectivity index (χ1) is 20.8. The highest BCUT2D eigenvalue weighted by Gasteiger charge is 2.18. The van der Waals surface area contributed by atoms with Crippen molar-refractivity contribution < 1.29 is 17.9 Å². The standard InChI is InChI=1S/C38H30O4S/c1-27-3-7-29(8-4-27)31-11-15-33(16-12-31)41-35-19-23-37(24-20-35)43(39,40)38-25-21-36(22-26-38)42-34-17-13-32(14-18-34)30-9-5-28(2)6-10-30/h3-26H,1-2H3. The second kappa shape index (κ2) is 12.0. The van der Waals surface area contributed by atoms with Crippen LogP contribution < -0.4 is 9.47 Å². The molecule has 6 rings (SSSR count). The Morgan fingerprint density at radius 1 is 0.349 bits per heavy atom. The summed E-state index contributed by atoms with van der Waals surface area (Å²) in [6.07, 6.45) is 0. The number of sulfone groups is 1. The third kappa shape index (κ3) is 6.53. The molecule has 0 aromatic heterocycles. The van der Waals surface area contributed by atoms with E-state index in [0.29, 0.717) is 23.0 Å². The molecule has 0 aliphatic carbocycles. The number of aryl methyl sites for hydroxylation is 2. The minimum absolute atomic E-state index is 0.190. The van der Waals surface area contributed by atoms with Crippen LogP contribution in [0.25, 0.3) is 22.3 Å². The smallest absolute Gasteiger partial charge is 0.206 e. The van der Waals surface area contributed by atoms with Crippen LogP contribution in [0.1, 0.15) is 11.1 Å². The van der Waals surface area contributed by atoms with Gasteiger partial charge in [0.25, 0.3) is 0 Å². The molecule has 0 saturated carbocycles. The van der Waals surface area contributed by atoms with Crippen LogP contribution in [0.2, 0.25) is 0 Å². The molecule has 212 valence electrons. The monoisotopic (exact) mass is 582 g/mol. The fourth-order valence-electron chi connectivity index (χ4n) is 4.70. The summed E-state index contributed by atoms with van der Waals surface area (Å²) in [6.45, 7) is 4.13. The zero-order chi connectivity index (χ0) is 29.8. The van der Waals surface area contributed by atoms with E-state index in [0.717, 1.165) is 22.3 Å². The summed E-state index contributed by atoms with van der Waals surface area (Å²) < 4.78 is 38.5. The molecule has 0 fully saturated rings. The molecule has 0 aliphatic rings. The fraction of sp³-hybridized carbons (Fsp3) is 0.0526. The highest BCUT2D eigenvalue weighted by atomic mass is 32.2. The molecule has 0 unspecified atom stereocenters. The molecule has 0 atom stereocenters. The average molecular weight is 583 g/mol. The Morgan fingerprint density at radius 2 is 0.581 bits per heavy atom. The molecule has 0 spiro atoms. The molecular weight excluding hydrogens is 552 g/mol. The van der Waals surface area contributed by atoms with Crippen molar-refractivity contribution >= 4 is 9.84 Å². The van der Waals surface area contributed by atoms with E-state index in [9.17, 15) is 8.42 Å². The van der Waals surface area contributed by atoms with E-state index in [2.05, 4.69) is 62.4 Å². The molecule has 0 radical (unpaired) electrons. The Morgan fingerprint density at radius 3 is 0.860 bits per heavy atom. The van der Waals surface area contributed by atoms with E-state index >= 15 is 0 Å². The van der Waals surface area contributed by atoms with E-state index < -0.39 is 9.84 Å². The number of ether oxygens (including phenoxy) is 2. The fourth-order valence-corrected chi connectivity index (χ4v) is 5.97. The third-order valence-corrected chi connectivity index (χ3v) is 9.00. The third-order valence-electron chi connectivity index (χ3n) is 7.22. The molecule has 43 heavy (non-hydrogen) atoms. The van der Waals surface area contributed by atoms with Gasteiger partial charge in [-0.3, -0.25) is 0 Å². The van der Waals surface area contributed by atoms with Crippen LogP contribution in [-0.4, -0.2) is 8.42 Å². The molecule has 0 saturated heterocycles. The largest absolute Gasteiger partial charge is 0.457 e. The van der Waals surface area contributed by atoms with Gasteiger partial charge in [0.15, 0.2) is 0 Å². The number of benzene rings is 6. The summed E-state index contributed by atoms with van der Waals surface area (Å²) in [4.78, 5) is 0.380. The first-order valence-corrected chi connectivity index (χ1v) is 15.5. The first kappa shape index (κ1) is 28.0. The van der Waals surface area contributed by atoms with Crippen LogP contribution in [0.4, 0.5) is 0 Å². The van der Waals surface area contributed by atoms with Crippen LogP contribution in [0.5, 0.6) is 23.0 Å². The maximum absolute atomic E-state index is 13.3. The van der Waals surface area contributed by atoms with Crippen molar-refractivity contribution in [2.75, 3.05) is 0 Å². The summed E-state index contributed by atoms with van der Waals surface area (Å²) in [5.41, 5.74) is 6.91. The van der Waals surface area contributed by atoms with Gasteiger partial charge in [-0.1, -0.05) is 83.9 Å². The SMILES string of the molecule is Cc1ccc(-c2ccc(Oc3ccc(S(=O)(=O)c4ccc(Oc5ccc(-c6ccc(C)cc6)cc5)cc4)cc3)cc2)cc1. The molecular formula is C38H30O4S. The molecule has 0 N–H and O–H groups in total. The Bertz CT molecular complexity index is 1780. The van der Waals surface area contributed by atoms with Crippen molar-refractivity contribution in [1.82, 2.24) is 0 Å². The van der Waals surface area contributed by atoms with E-state index in [1.807, 2.05) is 48.5 Å². The maximum atomic E-state index is 13.3. The lowest BCUT2D eigenvalue weighted by Gasteiger charge is -2.10. The minimum atomic E-state index is -3.71. The highest BCUT2D eigenvalue weighted by Crippen LogP contribution is 2.30. The van der Waals surface area contributed by atoms with Crippen molar-refractivity contribution in [3.8, 4) is 45.3 Å². The average Bonchev–Trinajstić information content (AvgIpc) is 3.03. The van der Waals surface area contributed by atoms with Crippen LogP contribution in [0, 0.1) is 13.8 Å². The second-order valence-corrected chi connectivity index (χ2v) is 12.4. The first-order valence-electron chi connectivity index (χ1n) is 14.0. The molecule has 0 heterocycles. The van der Waals surface area contributed by atoms with Gasteiger partial charge in [-0.25, -0.2) is 8.42 Å². The Labute approximate surface area is 252 Å². The lowest BCUT2D eigenvalue weighted by atomic mass is 10.0. The molecule has 6 aromatic carbocycles. The zero-order valence-electron chi connectivity index (χ0n) is 23.9. The number of rotatable bonds is 8. The normalized spacial score (nSPS) is 11.2. The predicted molar refractivity (Wildman–Crippen MR) is 172 cm³/mol. The van der Waals surface area contributed by atoms with Crippen LogP contribution in [0.3, 0.4) is 0 Å². The van der Waals surface area contributed by atoms with E-state index in [4.69, 9.17) is 9.47 Å². The predicted octanol–water partition coefficient (Wildman–Crippen LogP) is 10.1. The maximum Gasteiger partial charge on any atom is 0.206 e. The highest BCUT2D eigenvalue weighted by molar-refractivity contribution is 7.91. The zero-order valence-corrected chi connectivity index (χ0v) is 24.7. The molecule has 0 bridgehead atoms. The van der Waals surface area contributed by atoms with Crippen molar-refractivity contribution in [2.24, 2.45) is 0 Å². The van der Waals surface area contributed by atoms with Gasteiger partial charge >= 0.3 is 0 Å². The summed E-state index contributed by atoms with van der Waals surface area (Å²) in [7, 11) is -3.71.